The molecule has 0 aromatic heterocycles. The first-order chi connectivity index (χ1) is 11.5. The van der Waals surface area contributed by atoms with Gasteiger partial charge in [-0.05, 0) is 80.1 Å². The standard InChI is InChI=1S/C19H23ClN2OS/c20-16-4-2-1-3-15(16)11-21-18(24)22-17(23)19-8-12-5-13(9-19)7-14(6-12)10-19/h1-4,12-14H,5-11H2,(H2,21,22,23,24). The second-order valence-corrected chi connectivity index (χ2v) is 8.74. The average Bonchev–Trinajstić information content (AvgIpc) is 2.53. The molecule has 0 radical (unpaired) electrons. The number of benzene rings is 1. The van der Waals surface area contributed by atoms with Crippen LogP contribution in [-0.4, -0.2) is 11.0 Å². The summed E-state index contributed by atoms with van der Waals surface area (Å²) in [5, 5.41) is 7.20. The van der Waals surface area contributed by atoms with Gasteiger partial charge in [0.2, 0.25) is 5.91 Å². The minimum Gasteiger partial charge on any atom is -0.358 e. The minimum absolute atomic E-state index is 0.137. The number of carbonyl (C=O) groups excluding carboxylic acids is 1. The van der Waals surface area contributed by atoms with Gasteiger partial charge in [-0.1, -0.05) is 29.8 Å². The summed E-state index contributed by atoms with van der Waals surface area (Å²) in [4.78, 5) is 12.9. The van der Waals surface area contributed by atoms with Crippen LogP contribution >= 0.6 is 23.8 Å². The van der Waals surface area contributed by atoms with E-state index in [0.717, 1.165) is 42.6 Å². The molecule has 3 nitrogen and oxygen atoms in total. The molecule has 0 heterocycles. The maximum Gasteiger partial charge on any atom is 0.232 e. The van der Waals surface area contributed by atoms with Gasteiger partial charge >= 0.3 is 0 Å². The van der Waals surface area contributed by atoms with E-state index in [-0.39, 0.29) is 11.3 Å². The lowest BCUT2D eigenvalue weighted by Crippen LogP contribution is -2.55. The number of hydrogen-bond acceptors (Lipinski definition) is 2. The molecule has 4 bridgehead atoms. The molecular weight excluding hydrogens is 340 g/mol. The Hall–Kier alpha value is -1.13. The third-order valence-electron chi connectivity index (χ3n) is 6.14. The molecule has 0 atom stereocenters. The van der Waals surface area contributed by atoms with Crippen LogP contribution < -0.4 is 10.6 Å². The molecular formula is C19H23ClN2OS. The predicted octanol–water partition coefficient (Wildman–Crippen LogP) is 4.05. The van der Waals surface area contributed by atoms with Crippen LogP contribution in [0.4, 0.5) is 0 Å². The SMILES string of the molecule is O=C(NC(=S)NCc1ccccc1Cl)C12CC3CC(CC(C3)C1)C2. The summed E-state index contributed by atoms with van der Waals surface area (Å²) in [7, 11) is 0. The fourth-order valence-corrected chi connectivity index (χ4v) is 5.85. The van der Waals surface area contributed by atoms with Gasteiger partial charge < -0.3 is 10.6 Å². The maximum atomic E-state index is 12.9. The first kappa shape index (κ1) is 16.3. The van der Waals surface area contributed by atoms with Crippen LogP contribution in [0.25, 0.3) is 0 Å². The van der Waals surface area contributed by atoms with Crippen LogP contribution in [0, 0.1) is 23.2 Å². The number of hydrogen-bond donors (Lipinski definition) is 2. The van der Waals surface area contributed by atoms with Crippen molar-refractivity contribution in [1.29, 1.82) is 0 Å². The molecule has 5 heteroatoms. The molecule has 4 aliphatic carbocycles. The van der Waals surface area contributed by atoms with Gasteiger partial charge in [0, 0.05) is 11.6 Å². The summed E-state index contributed by atoms with van der Waals surface area (Å²) in [6.45, 7) is 0.527. The van der Waals surface area contributed by atoms with Crippen molar-refractivity contribution in [2.75, 3.05) is 0 Å². The number of amides is 1. The smallest absolute Gasteiger partial charge is 0.232 e. The van der Waals surface area contributed by atoms with E-state index in [1.54, 1.807) is 0 Å². The van der Waals surface area contributed by atoms with E-state index in [2.05, 4.69) is 10.6 Å². The summed E-state index contributed by atoms with van der Waals surface area (Å²) < 4.78 is 0. The maximum absolute atomic E-state index is 12.9. The lowest BCUT2D eigenvalue weighted by atomic mass is 9.49. The molecule has 24 heavy (non-hydrogen) atoms. The zero-order valence-electron chi connectivity index (χ0n) is 13.7. The number of halogens is 1. The van der Waals surface area contributed by atoms with Crippen molar-refractivity contribution < 1.29 is 4.79 Å². The minimum atomic E-state index is -0.162. The molecule has 0 spiro atoms. The average molecular weight is 363 g/mol. The highest BCUT2D eigenvalue weighted by Crippen LogP contribution is 2.60. The van der Waals surface area contributed by atoms with Crippen molar-refractivity contribution in [2.45, 2.75) is 45.1 Å². The second kappa shape index (κ2) is 6.30. The zero-order valence-corrected chi connectivity index (χ0v) is 15.3. The highest BCUT2D eigenvalue weighted by Gasteiger charge is 2.54. The largest absolute Gasteiger partial charge is 0.358 e. The Morgan fingerprint density at radius 3 is 2.29 bits per heavy atom. The second-order valence-electron chi connectivity index (χ2n) is 7.93. The van der Waals surface area contributed by atoms with E-state index in [9.17, 15) is 4.79 Å². The number of carbonyl (C=O) groups is 1. The number of rotatable bonds is 3. The van der Waals surface area contributed by atoms with Crippen LogP contribution in [-0.2, 0) is 11.3 Å². The monoisotopic (exact) mass is 362 g/mol. The van der Waals surface area contributed by atoms with Gasteiger partial charge in [-0.25, -0.2) is 0 Å². The molecule has 0 aliphatic heterocycles. The van der Waals surface area contributed by atoms with Crippen molar-refractivity contribution in [2.24, 2.45) is 23.2 Å². The molecule has 128 valence electrons. The predicted molar refractivity (Wildman–Crippen MR) is 99.6 cm³/mol. The highest BCUT2D eigenvalue weighted by atomic mass is 35.5. The van der Waals surface area contributed by atoms with E-state index in [1.807, 2.05) is 24.3 Å². The van der Waals surface area contributed by atoms with E-state index in [4.69, 9.17) is 23.8 Å². The first-order valence-corrected chi connectivity index (χ1v) is 9.65. The fraction of sp³-hybridized carbons (Fsp3) is 0.579. The third-order valence-corrected chi connectivity index (χ3v) is 6.76. The number of thiocarbonyl (C=S) groups is 1. The Morgan fingerprint density at radius 2 is 1.71 bits per heavy atom. The summed E-state index contributed by atoms with van der Waals surface area (Å²) in [6.07, 6.45) is 7.17. The van der Waals surface area contributed by atoms with E-state index in [1.165, 1.54) is 19.3 Å². The Morgan fingerprint density at radius 1 is 1.12 bits per heavy atom. The Balaban J connectivity index is 1.36. The van der Waals surface area contributed by atoms with Gasteiger partial charge in [0.05, 0.1) is 5.41 Å². The van der Waals surface area contributed by atoms with E-state index < -0.39 is 0 Å². The Labute approximate surface area is 153 Å². The van der Waals surface area contributed by atoms with Crippen molar-refractivity contribution in [3.63, 3.8) is 0 Å². The zero-order chi connectivity index (χ0) is 16.7. The van der Waals surface area contributed by atoms with Gasteiger partial charge in [-0.2, -0.15) is 0 Å². The lowest BCUT2D eigenvalue weighted by Gasteiger charge is -2.55. The molecule has 5 rings (SSSR count). The van der Waals surface area contributed by atoms with Crippen LogP contribution in [0.2, 0.25) is 5.02 Å². The van der Waals surface area contributed by atoms with Crippen molar-refractivity contribution in [1.82, 2.24) is 10.6 Å². The van der Waals surface area contributed by atoms with Gasteiger partial charge in [-0.3, -0.25) is 4.79 Å². The van der Waals surface area contributed by atoms with Gasteiger partial charge in [0.1, 0.15) is 0 Å². The summed E-state index contributed by atoms with van der Waals surface area (Å²) in [5.74, 6) is 2.41. The van der Waals surface area contributed by atoms with Crippen molar-refractivity contribution in [3.05, 3.63) is 34.9 Å². The van der Waals surface area contributed by atoms with Gasteiger partial charge in [0.15, 0.2) is 5.11 Å². The van der Waals surface area contributed by atoms with Gasteiger partial charge in [-0.15, -0.1) is 0 Å². The van der Waals surface area contributed by atoms with Crippen LogP contribution in [0.1, 0.15) is 44.1 Å². The van der Waals surface area contributed by atoms with E-state index >= 15 is 0 Å². The summed E-state index contributed by atoms with van der Waals surface area (Å²) in [5.41, 5.74) is 0.816. The molecule has 1 aromatic rings. The fourth-order valence-electron chi connectivity index (χ4n) is 5.49. The topological polar surface area (TPSA) is 41.1 Å². The van der Waals surface area contributed by atoms with Crippen LogP contribution in [0.5, 0.6) is 0 Å². The van der Waals surface area contributed by atoms with Crippen LogP contribution in [0.15, 0.2) is 24.3 Å². The highest BCUT2D eigenvalue weighted by molar-refractivity contribution is 7.80. The van der Waals surface area contributed by atoms with Crippen molar-refractivity contribution in [3.8, 4) is 0 Å². The van der Waals surface area contributed by atoms with Gasteiger partial charge in [0.25, 0.3) is 0 Å². The summed E-state index contributed by atoms with van der Waals surface area (Å²) in [6, 6.07) is 7.66. The number of nitrogens with one attached hydrogen (secondary N) is 2. The molecule has 2 N–H and O–H groups in total. The molecule has 4 aliphatic rings. The lowest BCUT2D eigenvalue weighted by molar-refractivity contribution is -0.144. The first-order valence-electron chi connectivity index (χ1n) is 8.87. The molecule has 1 aromatic carbocycles. The van der Waals surface area contributed by atoms with Crippen LogP contribution in [0.3, 0.4) is 0 Å². The third kappa shape index (κ3) is 3.06. The Kier molecular flexibility index (Phi) is 4.29. The molecule has 4 fully saturated rings. The van der Waals surface area contributed by atoms with Crippen molar-refractivity contribution >= 4 is 34.8 Å². The normalized spacial score (nSPS) is 33.3. The Bertz CT molecular complexity index is 640. The summed E-state index contributed by atoms with van der Waals surface area (Å²) >= 11 is 11.5. The molecule has 0 unspecified atom stereocenters. The molecule has 1 amide bonds. The molecule has 0 saturated heterocycles. The quantitative estimate of drug-likeness (QED) is 0.797. The van der Waals surface area contributed by atoms with E-state index in [0.29, 0.717) is 16.7 Å². The molecule has 4 saturated carbocycles.